The molecule has 1 aliphatic carbocycles. The van der Waals surface area contributed by atoms with Gasteiger partial charge in [0.05, 0.1) is 16.4 Å². The van der Waals surface area contributed by atoms with Gasteiger partial charge in [0, 0.05) is 33.5 Å². The fourth-order valence-corrected chi connectivity index (χ4v) is 9.38. The molecule has 1 heterocycles. The molecule has 0 bridgehead atoms. The summed E-state index contributed by atoms with van der Waals surface area (Å²) < 4.78 is 2.39. The van der Waals surface area contributed by atoms with Gasteiger partial charge >= 0.3 is 0 Å². The van der Waals surface area contributed by atoms with Crippen LogP contribution in [0.25, 0.3) is 49.4 Å². The molecule has 9 aromatic carbocycles. The Kier molecular flexibility index (Phi) is 7.11. The van der Waals surface area contributed by atoms with Gasteiger partial charge in [-0.3, -0.25) is 0 Å². The van der Waals surface area contributed by atoms with Crippen LogP contribution in [0.4, 0.5) is 17.1 Å². The summed E-state index contributed by atoms with van der Waals surface area (Å²) in [7, 11) is 0. The second-order valence-electron chi connectivity index (χ2n) is 14.5. The van der Waals surface area contributed by atoms with Crippen molar-refractivity contribution in [2.75, 3.05) is 4.90 Å². The minimum absolute atomic E-state index is 0.468. The second kappa shape index (κ2) is 12.5. The quantitative estimate of drug-likeness (QED) is 0.168. The van der Waals surface area contributed by atoms with Crippen LogP contribution in [0.2, 0.25) is 0 Å². The number of nitrogens with zero attached hydrogens (tertiary/aromatic N) is 2. The fraction of sp³-hybridized carbons (Fsp3) is 0.0189. The van der Waals surface area contributed by atoms with Crippen LogP contribution in [0.5, 0.6) is 0 Å². The van der Waals surface area contributed by atoms with Crippen LogP contribution in [0.1, 0.15) is 22.3 Å². The zero-order valence-electron chi connectivity index (χ0n) is 30.2. The molecule has 10 aromatic rings. The van der Waals surface area contributed by atoms with E-state index >= 15 is 0 Å². The third kappa shape index (κ3) is 4.68. The molecule has 0 spiro atoms. The number of para-hydroxylation sites is 3. The predicted molar refractivity (Wildman–Crippen MR) is 230 cm³/mol. The van der Waals surface area contributed by atoms with E-state index in [4.69, 9.17) is 0 Å². The van der Waals surface area contributed by atoms with Gasteiger partial charge in [-0.1, -0.05) is 164 Å². The van der Waals surface area contributed by atoms with Gasteiger partial charge in [-0.25, -0.2) is 0 Å². The number of anilines is 3. The maximum absolute atomic E-state index is 2.40. The molecule has 0 radical (unpaired) electrons. The SMILES string of the molecule is c1ccc(N(c2ccc3c4c(ccc3c2)-c2ccccc2C4(c2ccccc2)c2ccccc2)c2ccc3c4ccccc4n(-c4ccccc4)c3c2)cc1. The van der Waals surface area contributed by atoms with Crippen molar-refractivity contribution >= 4 is 49.6 Å². The number of rotatable bonds is 6. The number of hydrogen-bond donors (Lipinski definition) is 0. The van der Waals surface area contributed by atoms with E-state index in [9.17, 15) is 0 Å². The molecular weight excluding hydrogens is 665 g/mol. The lowest BCUT2D eigenvalue weighted by Gasteiger charge is -2.35. The van der Waals surface area contributed by atoms with Crippen LogP contribution in [-0.4, -0.2) is 4.57 Å². The van der Waals surface area contributed by atoms with E-state index in [0.29, 0.717) is 0 Å². The molecule has 0 fully saturated rings. The Morgan fingerprint density at radius 1 is 0.364 bits per heavy atom. The largest absolute Gasteiger partial charge is 0.310 e. The highest BCUT2D eigenvalue weighted by molar-refractivity contribution is 6.10. The molecule has 2 heteroatoms. The summed E-state index contributed by atoms with van der Waals surface area (Å²) in [5.41, 5.74) is 14.2. The number of aromatic nitrogens is 1. The first-order valence-corrected chi connectivity index (χ1v) is 19.0. The van der Waals surface area contributed by atoms with Gasteiger partial charge in [-0.05, 0) is 98.8 Å². The van der Waals surface area contributed by atoms with Crippen molar-refractivity contribution < 1.29 is 0 Å². The summed E-state index contributed by atoms with van der Waals surface area (Å²) in [4.78, 5) is 2.40. The third-order valence-electron chi connectivity index (χ3n) is 11.6. The van der Waals surface area contributed by atoms with Crippen LogP contribution >= 0.6 is 0 Å². The lowest BCUT2D eigenvalue weighted by molar-refractivity contribution is 0.775. The molecule has 0 aliphatic heterocycles. The highest BCUT2D eigenvalue weighted by atomic mass is 15.1. The van der Waals surface area contributed by atoms with Crippen molar-refractivity contribution in [2.45, 2.75) is 5.41 Å². The molecule has 0 unspecified atom stereocenters. The summed E-state index contributed by atoms with van der Waals surface area (Å²) in [6, 6.07) is 80.0. The number of benzene rings is 9. The Balaban J connectivity index is 1.16. The molecule has 0 atom stereocenters. The monoisotopic (exact) mass is 700 g/mol. The Morgan fingerprint density at radius 3 is 1.65 bits per heavy atom. The highest BCUT2D eigenvalue weighted by Crippen LogP contribution is 2.58. The molecule has 1 aromatic heterocycles. The van der Waals surface area contributed by atoms with Crippen molar-refractivity contribution in [2.24, 2.45) is 0 Å². The summed E-state index contributed by atoms with van der Waals surface area (Å²) in [6.45, 7) is 0. The van der Waals surface area contributed by atoms with Crippen molar-refractivity contribution in [1.82, 2.24) is 4.57 Å². The van der Waals surface area contributed by atoms with Gasteiger partial charge in [-0.2, -0.15) is 0 Å². The Labute approximate surface area is 320 Å². The first kappa shape index (κ1) is 31.4. The first-order chi connectivity index (χ1) is 27.3. The van der Waals surface area contributed by atoms with E-state index in [1.54, 1.807) is 0 Å². The van der Waals surface area contributed by atoms with E-state index in [1.165, 1.54) is 66.0 Å². The second-order valence-corrected chi connectivity index (χ2v) is 14.5. The molecule has 11 rings (SSSR count). The molecule has 1 aliphatic rings. The topological polar surface area (TPSA) is 8.17 Å². The maximum atomic E-state index is 2.40. The van der Waals surface area contributed by atoms with Crippen molar-refractivity contribution in [3.8, 4) is 16.8 Å². The Hall–Kier alpha value is -7.16. The summed E-state index contributed by atoms with van der Waals surface area (Å²) in [6.07, 6.45) is 0. The van der Waals surface area contributed by atoms with Gasteiger partial charge in [-0.15, -0.1) is 0 Å². The normalized spacial score (nSPS) is 12.9. The van der Waals surface area contributed by atoms with E-state index in [2.05, 4.69) is 228 Å². The van der Waals surface area contributed by atoms with Crippen molar-refractivity contribution in [3.05, 3.63) is 241 Å². The van der Waals surface area contributed by atoms with Gasteiger partial charge in [0.1, 0.15) is 0 Å². The minimum Gasteiger partial charge on any atom is -0.310 e. The average Bonchev–Trinajstić information content (AvgIpc) is 3.76. The number of fused-ring (bicyclic) bond motifs is 8. The lowest BCUT2D eigenvalue weighted by atomic mass is 9.67. The van der Waals surface area contributed by atoms with Crippen LogP contribution in [-0.2, 0) is 5.41 Å². The third-order valence-corrected chi connectivity index (χ3v) is 11.6. The van der Waals surface area contributed by atoms with E-state index in [1.807, 2.05) is 0 Å². The van der Waals surface area contributed by atoms with E-state index in [-0.39, 0.29) is 0 Å². The summed E-state index contributed by atoms with van der Waals surface area (Å²) >= 11 is 0. The summed E-state index contributed by atoms with van der Waals surface area (Å²) in [5.74, 6) is 0. The molecule has 0 N–H and O–H groups in total. The molecular formula is C53H36N2. The van der Waals surface area contributed by atoms with Crippen molar-refractivity contribution in [3.63, 3.8) is 0 Å². The predicted octanol–water partition coefficient (Wildman–Crippen LogP) is 13.8. The van der Waals surface area contributed by atoms with Gasteiger partial charge in [0.15, 0.2) is 0 Å². The first-order valence-electron chi connectivity index (χ1n) is 19.0. The molecule has 0 saturated carbocycles. The van der Waals surface area contributed by atoms with Crippen LogP contribution in [0, 0.1) is 0 Å². The van der Waals surface area contributed by atoms with E-state index < -0.39 is 5.41 Å². The zero-order chi connectivity index (χ0) is 36.3. The summed E-state index contributed by atoms with van der Waals surface area (Å²) in [5, 5.41) is 4.96. The minimum atomic E-state index is -0.468. The fourth-order valence-electron chi connectivity index (χ4n) is 9.38. The Bertz CT molecular complexity index is 2980. The standard InChI is InChI=1S/C53H36N2/c1-5-17-38(18-6-1)53(39-19-7-2-8-20-39)49-27-15-13-25-45(49)48-32-29-37-35-42(30-33-44(37)52(48)53)54(40-21-9-3-10-22-40)43-31-34-47-46-26-14-16-28-50(46)55(51(47)36-43)41-23-11-4-12-24-41/h1-36H. The molecule has 0 saturated heterocycles. The van der Waals surface area contributed by atoms with Gasteiger partial charge in [0.2, 0.25) is 0 Å². The van der Waals surface area contributed by atoms with E-state index in [0.717, 1.165) is 22.7 Å². The average molecular weight is 701 g/mol. The maximum Gasteiger partial charge on any atom is 0.0719 e. The molecule has 0 amide bonds. The molecule has 2 nitrogen and oxygen atoms in total. The van der Waals surface area contributed by atoms with Crippen LogP contribution < -0.4 is 4.90 Å². The van der Waals surface area contributed by atoms with Gasteiger partial charge in [0.25, 0.3) is 0 Å². The van der Waals surface area contributed by atoms with Gasteiger partial charge < -0.3 is 9.47 Å². The molecule has 258 valence electrons. The van der Waals surface area contributed by atoms with Crippen molar-refractivity contribution in [1.29, 1.82) is 0 Å². The zero-order valence-corrected chi connectivity index (χ0v) is 30.2. The highest BCUT2D eigenvalue weighted by Gasteiger charge is 2.47. The smallest absolute Gasteiger partial charge is 0.0719 e. The lowest BCUT2D eigenvalue weighted by Crippen LogP contribution is -2.28. The molecule has 55 heavy (non-hydrogen) atoms. The number of hydrogen-bond acceptors (Lipinski definition) is 1. The Morgan fingerprint density at radius 2 is 0.927 bits per heavy atom. The van der Waals surface area contributed by atoms with Crippen LogP contribution in [0.15, 0.2) is 218 Å². The van der Waals surface area contributed by atoms with Crippen LogP contribution in [0.3, 0.4) is 0 Å².